The molecule has 0 atom stereocenters. The van der Waals surface area contributed by atoms with Gasteiger partial charge in [0.15, 0.2) is 23.4 Å². The maximum atomic E-state index is 6.23. The summed E-state index contributed by atoms with van der Waals surface area (Å²) in [6.45, 7) is 17.8. The number of nitrogens with zero attached hydrogens (tertiary/aromatic N) is 1. The fourth-order valence-electron chi connectivity index (χ4n) is 2.48. The molecule has 7 heteroatoms. The molecule has 5 nitrogen and oxygen atoms in total. The number of hydrogen-bond donors (Lipinski definition) is 0. The van der Waals surface area contributed by atoms with E-state index in [0.717, 1.165) is 24.0 Å². The van der Waals surface area contributed by atoms with E-state index in [4.69, 9.17) is 18.3 Å². The van der Waals surface area contributed by atoms with Crippen LogP contribution in [0.3, 0.4) is 0 Å². The molecular weight excluding hydrogens is 338 g/mol. The van der Waals surface area contributed by atoms with Crippen molar-refractivity contribution in [3.05, 3.63) is 0 Å². The van der Waals surface area contributed by atoms with E-state index >= 15 is 0 Å². The van der Waals surface area contributed by atoms with E-state index in [1.807, 2.05) is 0 Å². The quantitative estimate of drug-likeness (QED) is 0.189. The summed E-state index contributed by atoms with van der Waals surface area (Å²) in [7, 11) is 1.24. The minimum Gasteiger partial charge on any atom is -0.454 e. The monoisotopic (exact) mass is 380 g/mol. The SMILES string of the molecule is CCCC[N+](C)(C)COCCOCCOC[Si](C)(C)O[Si](C)(C)C. The number of quaternary nitrogens is 1. The first-order valence-electron chi connectivity index (χ1n) is 9.23. The molecule has 0 aliphatic heterocycles. The summed E-state index contributed by atoms with van der Waals surface area (Å²) in [5, 5.41) is 0. The zero-order valence-corrected chi connectivity index (χ0v) is 19.4. The number of unbranched alkanes of at least 4 members (excludes halogenated alkanes) is 1. The van der Waals surface area contributed by atoms with Crippen LogP contribution >= 0.6 is 0 Å². The second-order valence-corrected chi connectivity index (χ2v) is 17.5. The Labute approximate surface area is 152 Å². The van der Waals surface area contributed by atoms with Gasteiger partial charge in [0.05, 0.1) is 53.3 Å². The normalized spacial score (nSPS) is 13.5. The van der Waals surface area contributed by atoms with Crippen molar-refractivity contribution in [2.45, 2.75) is 52.5 Å². The van der Waals surface area contributed by atoms with Crippen LogP contribution in [0.4, 0.5) is 0 Å². The highest BCUT2D eigenvalue weighted by atomic mass is 28.4. The maximum absolute atomic E-state index is 6.23. The Balaban J connectivity index is 3.55. The van der Waals surface area contributed by atoms with Gasteiger partial charge in [-0.15, -0.1) is 0 Å². The molecule has 0 radical (unpaired) electrons. The predicted molar refractivity (Wildman–Crippen MR) is 106 cm³/mol. The molecule has 24 heavy (non-hydrogen) atoms. The molecule has 146 valence electrons. The van der Waals surface area contributed by atoms with Crippen LogP contribution in [-0.4, -0.2) is 81.1 Å². The highest BCUT2D eigenvalue weighted by Crippen LogP contribution is 2.14. The van der Waals surface area contributed by atoms with Crippen LogP contribution in [0.15, 0.2) is 0 Å². The molecule has 0 aromatic rings. The average molecular weight is 381 g/mol. The lowest BCUT2D eigenvalue weighted by molar-refractivity contribution is -0.909. The van der Waals surface area contributed by atoms with Crippen LogP contribution in [0.5, 0.6) is 0 Å². The van der Waals surface area contributed by atoms with Crippen LogP contribution < -0.4 is 0 Å². The molecule has 0 N–H and O–H groups in total. The zero-order valence-electron chi connectivity index (χ0n) is 17.4. The summed E-state index contributed by atoms with van der Waals surface area (Å²) in [5.41, 5.74) is 0. The van der Waals surface area contributed by atoms with Gasteiger partial charge in [-0.05, 0) is 39.2 Å². The molecule has 0 fully saturated rings. The molecule has 0 rings (SSSR count). The average Bonchev–Trinajstić information content (AvgIpc) is 2.40. The van der Waals surface area contributed by atoms with Crippen molar-refractivity contribution in [2.75, 3.05) is 60.0 Å². The molecule has 0 aromatic heterocycles. The van der Waals surface area contributed by atoms with E-state index in [1.54, 1.807) is 0 Å². The summed E-state index contributed by atoms with van der Waals surface area (Å²) >= 11 is 0. The molecule has 0 saturated carbocycles. The zero-order chi connectivity index (χ0) is 18.7. The summed E-state index contributed by atoms with van der Waals surface area (Å²) < 4.78 is 24.2. The van der Waals surface area contributed by atoms with Crippen molar-refractivity contribution < 1.29 is 22.8 Å². The van der Waals surface area contributed by atoms with Gasteiger partial charge >= 0.3 is 0 Å². The van der Waals surface area contributed by atoms with Gasteiger partial charge in [0.2, 0.25) is 0 Å². The Morgan fingerprint density at radius 2 is 1.33 bits per heavy atom. The molecule has 0 aliphatic carbocycles. The molecule has 0 heterocycles. The molecule has 0 spiro atoms. The van der Waals surface area contributed by atoms with Crippen LogP contribution in [0.1, 0.15) is 19.8 Å². The van der Waals surface area contributed by atoms with Gasteiger partial charge in [-0.1, -0.05) is 13.3 Å². The largest absolute Gasteiger partial charge is 0.454 e. The number of rotatable bonds is 15. The van der Waals surface area contributed by atoms with Crippen LogP contribution in [-0.2, 0) is 18.3 Å². The maximum Gasteiger partial charge on any atom is 0.199 e. The number of hydrogen-bond acceptors (Lipinski definition) is 4. The van der Waals surface area contributed by atoms with Gasteiger partial charge in [0.25, 0.3) is 0 Å². The third-order valence-electron chi connectivity index (χ3n) is 3.33. The van der Waals surface area contributed by atoms with Gasteiger partial charge in [-0.25, -0.2) is 0 Å². The van der Waals surface area contributed by atoms with Gasteiger partial charge in [-0.3, -0.25) is 0 Å². The van der Waals surface area contributed by atoms with E-state index in [1.165, 1.54) is 12.8 Å². The molecule has 0 saturated heterocycles. The van der Waals surface area contributed by atoms with Crippen LogP contribution in [0.25, 0.3) is 0 Å². The Bertz CT molecular complexity index is 320. The lowest BCUT2D eigenvalue weighted by Gasteiger charge is -2.31. The van der Waals surface area contributed by atoms with Gasteiger partial charge in [0.1, 0.15) is 0 Å². The summed E-state index contributed by atoms with van der Waals surface area (Å²) in [4.78, 5) is 0. The Kier molecular flexibility index (Phi) is 11.9. The third kappa shape index (κ3) is 15.7. The lowest BCUT2D eigenvalue weighted by atomic mass is 10.3. The Morgan fingerprint density at radius 3 is 1.88 bits per heavy atom. The topological polar surface area (TPSA) is 36.9 Å². The van der Waals surface area contributed by atoms with Crippen molar-refractivity contribution in [1.29, 1.82) is 0 Å². The minimum atomic E-state index is -1.69. The van der Waals surface area contributed by atoms with Crippen LogP contribution in [0.2, 0.25) is 32.7 Å². The van der Waals surface area contributed by atoms with Gasteiger partial charge < -0.3 is 22.8 Å². The second-order valence-electron chi connectivity index (χ2n) is 8.69. The molecular formula is C17H42NO4Si2+. The standard InChI is InChI=1S/C17H42NO4Si2/c1-9-10-11-18(2,3)16-20-14-12-19-13-15-21-17-24(7,8)22-23(4,5)6/h9-17H2,1-8H3/q+1. The molecule has 0 amide bonds. The van der Waals surface area contributed by atoms with Crippen molar-refractivity contribution in [3.8, 4) is 0 Å². The van der Waals surface area contributed by atoms with E-state index in [0.29, 0.717) is 26.4 Å². The van der Waals surface area contributed by atoms with E-state index in [9.17, 15) is 0 Å². The van der Waals surface area contributed by atoms with E-state index < -0.39 is 16.6 Å². The highest BCUT2D eigenvalue weighted by molar-refractivity contribution is 6.84. The van der Waals surface area contributed by atoms with Crippen molar-refractivity contribution in [2.24, 2.45) is 0 Å². The van der Waals surface area contributed by atoms with Crippen molar-refractivity contribution in [3.63, 3.8) is 0 Å². The molecule has 0 aromatic carbocycles. The first-order valence-corrected chi connectivity index (χ1v) is 15.8. The Hall–Kier alpha value is 0.234. The first kappa shape index (κ1) is 24.2. The minimum absolute atomic E-state index is 0.620. The fourth-order valence-corrected chi connectivity index (χ4v) is 9.98. The summed E-state index contributed by atoms with van der Waals surface area (Å²) in [6, 6.07) is 0. The predicted octanol–water partition coefficient (Wildman–Crippen LogP) is 3.47. The van der Waals surface area contributed by atoms with Crippen LogP contribution in [0, 0.1) is 0 Å². The van der Waals surface area contributed by atoms with Gasteiger partial charge in [-0.2, -0.15) is 0 Å². The smallest absolute Gasteiger partial charge is 0.199 e. The Morgan fingerprint density at radius 1 is 0.792 bits per heavy atom. The van der Waals surface area contributed by atoms with Crippen molar-refractivity contribution >= 4 is 16.6 Å². The first-order chi connectivity index (χ1) is 11.0. The molecule has 0 bridgehead atoms. The highest BCUT2D eigenvalue weighted by Gasteiger charge is 2.29. The fraction of sp³-hybridized carbons (Fsp3) is 1.00. The van der Waals surface area contributed by atoms with E-state index in [-0.39, 0.29) is 0 Å². The third-order valence-corrected chi connectivity index (χ3v) is 8.89. The lowest BCUT2D eigenvalue weighted by Crippen LogP contribution is -2.46. The molecule has 0 aliphatic rings. The summed E-state index contributed by atoms with van der Waals surface area (Å²) in [6.07, 6.45) is 3.21. The summed E-state index contributed by atoms with van der Waals surface area (Å²) in [5.74, 6) is 0. The second kappa shape index (κ2) is 11.8. The number of ether oxygens (including phenoxy) is 3. The van der Waals surface area contributed by atoms with Gasteiger partial charge in [0, 0.05) is 0 Å². The van der Waals surface area contributed by atoms with E-state index in [2.05, 4.69) is 53.8 Å². The van der Waals surface area contributed by atoms with Crippen molar-refractivity contribution in [1.82, 2.24) is 0 Å². The molecule has 0 unspecified atom stereocenters.